The van der Waals surface area contributed by atoms with Crippen molar-refractivity contribution in [2.75, 3.05) is 59.1 Å². The fourth-order valence-corrected chi connectivity index (χ4v) is 6.27. The summed E-state index contributed by atoms with van der Waals surface area (Å²) in [6.07, 6.45) is 13.6. The number of nitrogens with one attached hydrogen (secondary N) is 3. The van der Waals surface area contributed by atoms with Gasteiger partial charge in [0.25, 0.3) is 0 Å². The number of hydrogen-bond donors (Lipinski definition) is 3. The second-order valence-corrected chi connectivity index (χ2v) is 15.7. The van der Waals surface area contributed by atoms with Crippen LogP contribution in [0.25, 0.3) is 0 Å². The molecule has 0 aliphatic rings. The number of hydrogen-bond acceptors (Lipinski definition) is 11. The van der Waals surface area contributed by atoms with Crippen LogP contribution in [0.3, 0.4) is 0 Å². The molecule has 0 aromatic carbocycles. The van der Waals surface area contributed by atoms with Crippen molar-refractivity contribution in [1.29, 1.82) is 0 Å². The standard InChI is InChI=1S/C46H79N3O8.3H2/c1-8-46(25-19-40(50)22-30-47-28-13-10-9-12-17-43(53)37(2)3,26-20-41(51)23-31-48-29-14-11-15-35-57-45(55)39(6)7)27-21-42(52)24-32-49-33-36-56-34-16-18-44(54)38(4)5;;;/h47-49H,2,4,6,8-36H2,1,3,5,7H3;3*1H. The van der Waals surface area contributed by atoms with Gasteiger partial charge in [0.05, 0.1) is 13.2 Å². The molecule has 1 atom stereocenters. The summed E-state index contributed by atoms with van der Waals surface area (Å²) < 4.78 is 10.7. The molecular weight excluding hydrogens is 723 g/mol. The van der Waals surface area contributed by atoms with Gasteiger partial charge in [-0.25, -0.2) is 4.79 Å². The first-order valence-electron chi connectivity index (χ1n) is 21.7. The second kappa shape index (κ2) is 34.9. The summed E-state index contributed by atoms with van der Waals surface area (Å²) in [5, 5.41) is 9.98. The van der Waals surface area contributed by atoms with Crippen molar-refractivity contribution in [1.82, 2.24) is 16.0 Å². The van der Waals surface area contributed by atoms with Gasteiger partial charge in [-0.3, -0.25) is 24.0 Å². The highest BCUT2D eigenvalue weighted by atomic mass is 16.5. The van der Waals surface area contributed by atoms with E-state index in [0.717, 1.165) is 64.5 Å². The summed E-state index contributed by atoms with van der Waals surface area (Å²) in [7, 11) is 0. The Balaban J connectivity index is -0.00000523. The lowest BCUT2D eigenvalue weighted by Crippen LogP contribution is -2.27. The third kappa shape index (κ3) is 31.5. The molecule has 0 amide bonds. The van der Waals surface area contributed by atoms with Gasteiger partial charge >= 0.3 is 5.97 Å². The van der Waals surface area contributed by atoms with Gasteiger partial charge in [0.15, 0.2) is 11.6 Å². The zero-order valence-electron chi connectivity index (χ0n) is 36.4. The van der Waals surface area contributed by atoms with Gasteiger partial charge in [-0.1, -0.05) is 45.9 Å². The molecular formula is C46H85N3O8. The smallest absolute Gasteiger partial charge is 0.333 e. The number of ether oxygens (including phenoxy) is 2. The topological polar surface area (TPSA) is 157 Å². The molecule has 1 unspecified atom stereocenters. The van der Waals surface area contributed by atoms with Crippen LogP contribution >= 0.6 is 0 Å². The van der Waals surface area contributed by atoms with Crippen LogP contribution < -0.4 is 16.0 Å². The lowest BCUT2D eigenvalue weighted by Gasteiger charge is -2.33. The fourth-order valence-electron chi connectivity index (χ4n) is 6.27. The van der Waals surface area contributed by atoms with E-state index in [0.29, 0.717) is 140 Å². The van der Waals surface area contributed by atoms with Crippen LogP contribution in [0.1, 0.15) is 160 Å². The van der Waals surface area contributed by atoms with Gasteiger partial charge in [-0.05, 0) is 108 Å². The Labute approximate surface area is 349 Å². The first kappa shape index (κ1) is 53.9. The lowest BCUT2D eigenvalue weighted by atomic mass is 9.72. The summed E-state index contributed by atoms with van der Waals surface area (Å²) in [6, 6.07) is 0. The molecule has 0 fully saturated rings. The molecule has 0 spiro atoms. The number of rotatable bonds is 42. The Bertz CT molecular complexity index is 1120. The number of carbonyl (C=O) groups is 6. The maximum absolute atomic E-state index is 13.0. The average Bonchev–Trinajstić information content (AvgIpc) is 3.18. The number of ketones is 5. The molecule has 0 heterocycles. The molecule has 0 aromatic heterocycles. The molecule has 0 bridgehead atoms. The third-order valence-corrected chi connectivity index (χ3v) is 10.4. The first-order valence-corrected chi connectivity index (χ1v) is 21.7. The van der Waals surface area contributed by atoms with Crippen LogP contribution in [0.2, 0.25) is 0 Å². The Morgan fingerprint density at radius 2 is 0.912 bits per heavy atom. The van der Waals surface area contributed by atoms with Gasteiger partial charge in [-0.2, -0.15) is 0 Å². The average molecular weight is 808 g/mol. The van der Waals surface area contributed by atoms with Crippen molar-refractivity contribution >= 4 is 34.9 Å². The molecule has 0 saturated heterocycles. The van der Waals surface area contributed by atoms with Crippen LogP contribution in [0, 0.1) is 5.41 Å². The van der Waals surface area contributed by atoms with E-state index in [1.165, 1.54) is 0 Å². The van der Waals surface area contributed by atoms with Gasteiger partial charge in [0.2, 0.25) is 0 Å². The minimum atomic E-state index is -0.359. The number of carbonyl (C=O) groups excluding carboxylic acids is 6. The van der Waals surface area contributed by atoms with E-state index in [1.54, 1.807) is 20.8 Å². The molecule has 0 aromatic rings. The van der Waals surface area contributed by atoms with Crippen LogP contribution in [0.5, 0.6) is 0 Å². The Kier molecular flexibility index (Phi) is 33.0. The summed E-state index contributed by atoms with van der Waals surface area (Å²) in [5.74, 6) is 0.392. The molecule has 0 rings (SSSR count). The number of allylic oxidation sites excluding steroid dienone is 2. The van der Waals surface area contributed by atoms with Gasteiger partial charge in [-0.15, -0.1) is 0 Å². The minimum absolute atomic E-state index is 0. The predicted octanol–water partition coefficient (Wildman–Crippen LogP) is 8.44. The first-order chi connectivity index (χ1) is 27.2. The minimum Gasteiger partial charge on any atom is -0.462 e. The highest BCUT2D eigenvalue weighted by molar-refractivity contribution is 5.94. The number of Topliss-reactive ketones (excluding diaryl/α,β-unsaturated/α-hetero) is 5. The molecule has 3 N–H and O–H groups in total. The maximum atomic E-state index is 13.0. The van der Waals surface area contributed by atoms with Crippen LogP contribution in [0.4, 0.5) is 0 Å². The molecule has 0 saturated carbocycles. The molecule has 0 aliphatic heterocycles. The van der Waals surface area contributed by atoms with Crippen LogP contribution in [-0.2, 0) is 38.2 Å². The molecule has 0 radical (unpaired) electrons. The Morgan fingerprint density at radius 3 is 1.37 bits per heavy atom. The van der Waals surface area contributed by atoms with E-state index in [4.69, 9.17) is 9.47 Å². The van der Waals surface area contributed by atoms with E-state index < -0.39 is 0 Å². The largest absolute Gasteiger partial charge is 0.462 e. The quantitative estimate of drug-likeness (QED) is 0.0309. The summed E-state index contributed by atoms with van der Waals surface area (Å²) in [6.45, 7) is 23.6. The number of unbranched alkanes of at least 4 members (excludes halogenated alkanes) is 5. The molecule has 0 aliphatic carbocycles. The lowest BCUT2D eigenvalue weighted by molar-refractivity contribution is -0.139. The van der Waals surface area contributed by atoms with Crippen molar-refractivity contribution in [2.45, 2.75) is 156 Å². The van der Waals surface area contributed by atoms with E-state index in [9.17, 15) is 28.8 Å². The van der Waals surface area contributed by atoms with Crippen LogP contribution in [-0.4, -0.2) is 94.0 Å². The fraction of sp³-hybridized carbons (Fsp3) is 0.739. The Hall–Kier alpha value is -3.12. The van der Waals surface area contributed by atoms with Gasteiger partial charge in [0, 0.05) is 94.0 Å². The van der Waals surface area contributed by atoms with E-state index in [1.807, 2.05) is 0 Å². The van der Waals surface area contributed by atoms with Crippen molar-refractivity contribution in [2.24, 2.45) is 5.41 Å². The Morgan fingerprint density at radius 1 is 0.474 bits per heavy atom. The van der Waals surface area contributed by atoms with E-state index in [-0.39, 0.29) is 44.6 Å². The molecule has 11 heteroatoms. The van der Waals surface area contributed by atoms with Gasteiger partial charge < -0.3 is 25.4 Å². The third-order valence-electron chi connectivity index (χ3n) is 10.4. The predicted molar refractivity (Wildman–Crippen MR) is 237 cm³/mol. The van der Waals surface area contributed by atoms with E-state index >= 15 is 0 Å². The summed E-state index contributed by atoms with van der Waals surface area (Å²) >= 11 is 0. The number of esters is 1. The van der Waals surface area contributed by atoms with Crippen LogP contribution in [0.15, 0.2) is 36.5 Å². The molecule has 11 nitrogen and oxygen atoms in total. The van der Waals surface area contributed by atoms with Crippen molar-refractivity contribution in [3.63, 3.8) is 0 Å². The second-order valence-electron chi connectivity index (χ2n) is 15.7. The summed E-state index contributed by atoms with van der Waals surface area (Å²) in [4.78, 5) is 73.7. The zero-order chi connectivity index (χ0) is 42.7. The van der Waals surface area contributed by atoms with Crippen molar-refractivity contribution in [3.05, 3.63) is 36.5 Å². The molecule has 57 heavy (non-hydrogen) atoms. The van der Waals surface area contributed by atoms with E-state index in [2.05, 4.69) is 42.6 Å². The SMILES string of the molecule is C=C(C)C(=O)CCCCCCNCCC(=O)CCC(CC)(CCC(=O)CCNCCCCCOC(=O)C(=C)C)CCC(=O)CCNCCOCCCC(=O)C(=C)C.[HH].[HH].[HH]. The van der Waals surface area contributed by atoms with Crippen molar-refractivity contribution < 1.29 is 42.5 Å². The monoisotopic (exact) mass is 808 g/mol. The molecule has 332 valence electrons. The highest BCUT2D eigenvalue weighted by Gasteiger charge is 2.30. The normalized spacial score (nSPS) is 12.1. The zero-order valence-corrected chi connectivity index (χ0v) is 36.4. The highest BCUT2D eigenvalue weighted by Crippen LogP contribution is 2.39. The van der Waals surface area contributed by atoms with Crippen molar-refractivity contribution in [3.8, 4) is 0 Å². The maximum Gasteiger partial charge on any atom is 0.333 e. The van der Waals surface area contributed by atoms with Gasteiger partial charge in [0.1, 0.15) is 17.3 Å². The summed E-state index contributed by atoms with van der Waals surface area (Å²) in [5.41, 5.74) is 1.33.